The minimum Gasteiger partial charge on any atom is -0.457 e. The van der Waals surface area contributed by atoms with Crippen LogP contribution in [0.2, 0.25) is 0 Å². The summed E-state index contributed by atoms with van der Waals surface area (Å²) in [5.74, 6) is 2.47. The summed E-state index contributed by atoms with van der Waals surface area (Å²) >= 11 is 3.48. The van der Waals surface area contributed by atoms with Crippen molar-refractivity contribution in [2.75, 3.05) is 0 Å². The first-order valence-corrected chi connectivity index (χ1v) is 7.91. The van der Waals surface area contributed by atoms with Gasteiger partial charge in [-0.1, -0.05) is 18.2 Å². The molecule has 0 atom stereocenters. The highest BCUT2D eigenvalue weighted by Crippen LogP contribution is 2.28. The maximum Gasteiger partial charge on any atom is 0.145 e. The molecule has 2 aromatic heterocycles. The van der Waals surface area contributed by atoms with Gasteiger partial charge < -0.3 is 4.74 Å². The van der Waals surface area contributed by atoms with Crippen molar-refractivity contribution in [3.63, 3.8) is 0 Å². The quantitative estimate of drug-likeness (QED) is 0.515. The molecule has 4 aromatic rings. The summed E-state index contributed by atoms with van der Waals surface area (Å²) < 4.78 is 8.60. The number of para-hydroxylation sites is 1. The average molecular weight is 366 g/mol. The summed E-state index contributed by atoms with van der Waals surface area (Å²) in [4.78, 5) is 8.70. The van der Waals surface area contributed by atoms with Gasteiger partial charge in [0.05, 0.1) is 11.7 Å². The van der Waals surface area contributed by atoms with Crippen LogP contribution in [0.25, 0.3) is 16.9 Å². The number of imidazole rings is 1. The van der Waals surface area contributed by atoms with Crippen molar-refractivity contribution < 1.29 is 4.74 Å². The number of fused-ring (bicyclic) bond motifs is 1. The fourth-order valence-electron chi connectivity index (χ4n) is 2.40. The van der Waals surface area contributed by atoms with E-state index in [0.717, 1.165) is 33.0 Å². The lowest BCUT2D eigenvalue weighted by Gasteiger charge is -2.06. The lowest BCUT2D eigenvalue weighted by molar-refractivity contribution is 0.483. The monoisotopic (exact) mass is 365 g/mol. The molecule has 2 heterocycles. The first kappa shape index (κ1) is 14.0. The highest BCUT2D eigenvalue weighted by molar-refractivity contribution is 9.10. The van der Waals surface area contributed by atoms with E-state index in [4.69, 9.17) is 4.74 Å². The van der Waals surface area contributed by atoms with Gasteiger partial charge in [0.2, 0.25) is 0 Å². The molecule has 0 fully saturated rings. The molecule has 0 aliphatic rings. The van der Waals surface area contributed by atoms with Crippen LogP contribution < -0.4 is 4.74 Å². The van der Waals surface area contributed by atoms with Gasteiger partial charge in [0.1, 0.15) is 21.9 Å². The number of nitrogens with zero attached hydrogens (tertiary/aromatic N) is 3. The molecule has 0 aliphatic heterocycles. The van der Waals surface area contributed by atoms with Crippen LogP contribution in [0.15, 0.2) is 77.8 Å². The average Bonchev–Trinajstić information content (AvgIpc) is 2.94. The number of rotatable bonds is 3. The Kier molecular flexibility index (Phi) is 3.55. The molecular weight excluding hydrogens is 354 g/mol. The van der Waals surface area contributed by atoms with Gasteiger partial charge in [-0.05, 0) is 52.3 Å². The van der Waals surface area contributed by atoms with Gasteiger partial charge in [-0.2, -0.15) is 0 Å². The minimum atomic E-state index is 0.783. The second-order valence-corrected chi connectivity index (χ2v) is 5.75. The number of hydrogen-bond acceptors (Lipinski definition) is 3. The highest BCUT2D eigenvalue weighted by atomic mass is 79.9. The SMILES string of the molecule is Brc1nc(-c2ccc(Oc3ccccc3)cc2)n2ccncc12. The van der Waals surface area contributed by atoms with Crippen LogP contribution >= 0.6 is 15.9 Å². The van der Waals surface area contributed by atoms with Crippen molar-refractivity contribution in [1.29, 1.82) is 0 Å². The Bertz CT molecular complexity index is 949. The molecule has 5 heteroatoms. The molecule has 0 radical (unpaired) electrons. The third kappa shape index (κ3) is 2.71. The molecular formula is C18H12BrN3O. The molecule has 2 aromatic carbocycles. The molecule has 4 nitrogen and oxygen atoms in total. The molecule has 0 spiro atoms. The maximum atomic E-state index is 5.82. The second kappa shape index (κ2) is 5.85. The lowest BCUT2D eigenvalue weighted by atomic mass is 10.2. The van der Waals surface area contributed by atoms with Crippen molar-refractivity contribution in [3.8, 4) is 22.9 Å². The smallest absolute Gasteiger partial charge is 0.145 e. The number of halogens is 1. The Balaban J connectivity index is 1.67. The zero-order valence-electron chi connectivity index (χ0n) is 12.1. The standard InChI is InChI=1S/C18H12BrN3O/c19-17-16-12-20-10-11-22(16)18(21-17)13-6-8-15(9-7-13)23-14-4-2-1-3-5-14/h1-12H. The van der Waals surface area contributed by atoms with Gasteiger partial charge in [-0.25, -0.2) is 4.98 Å². The van der Waals surface area contributed by atoms with E-state index in [-0.39, 0.29) is 0 Å². The van der Waals surface area contributed by atoms with E-state index in [9.17, 15) is 0 Å². The lowest BCUT2D eigenvalue weighted by Crippen LogP contribution is -1.90. The topological polar surface area (TPSA) is 39.4 Å². The molecule has 4 rings (SSSR count). The van der Waals surface area contributed by atoms with Crippen LogP contribution in [-0.2, 0) is 0 Å². The van der Waals surface area contributed by atoms with Crippen LogP contribution in [0.5, 0.6) is 11.5 Å². The highest BCUT2D eigenvalue weighted by Gasteiger charge is 2.10. The molecule has 112 valence electrons. The van der Waals surface area contributed by atoms with Gasteiger partial charge in [0, 0.05) is 18.0 Å². The summed E-state index contributed by atoms with van der Waals surface area (Å²) in [7, 11) is 0. The Labute approximate surface area is 141 Å². The number of ether oxygens (including phenoxy) is 1. The van der Waals surface area contributed by atoms with E-state index in [1.807, 2.05) is 65.2 Å². The Morgan fingerprint density at radius 2 is 1.65 bits per heavy atom. The van der Waals surface area contributed by atoms with Crippen molar-refractivity contribution in [1.82, 2.24) is 14.4 Å². The number of benzene rings is 2. The maximum absolute atomic E-state index is 5.82. The van der Waals surface area contributed by atoms with Gasteiger partial charge in [0.15, 0.2) is 0 Å². The first-order chi connectivity index (χ1) is 11.3. The fourth-order valence-corrected chi connectivity index (χ4v) is 2.86. The van der Waals surface area contributed by atoms with E-state index < -0.39 is 0 Å². The number of aromatic nitrogens is 3. The van der Waals surface area contributed by atoms with E-state index in [1.165, 1.54) is 0 Å². The van der Waals surface area contributed by atoms with E-state index in [2.05, 4.69) is 25.9 Å². The zero-order valence-corrected chi connectivity index (χ0v) is 13.6. The normalized spacial score (nSPS) is 10.8. The molecule has 0 saturated carbocycles. The van der Waals surface area contributed by atoms with Crippen LogP contribution in [0.1, 0.15) is 0 Å². The van der Waals surface area contributed by atoms with E-state index in [1.54, 1.807) is 12.4 Å². The van der Waals surface area contributed by atoms with Crippen LogP contribution in [0, 0.1) is 0 Å². The van der Waals surface area contributed by atoms with Crippen LogP contribution in [0.3, 0.4) is 0 Å². The van der Waals surface area contributed by atoms with E-state index >= 15 is 0 Å². The molecule has 23 heavy (non-hydrogen) atoms. The Hall–Kier alpha value is -2.66. The zero-order chi connectivity index (χ0) is 15.6. The van der Waals surface area contributed by atoms with Gasteiger partial charge in [-0.3, -0.25) is 9.38 Å². The van der Waals surface area contributed by atoms with Crippen LogP contribution in [-0.4, -0.2) is 14.4 Å². The van der Waals surface area contributed by atoms with Gasteiger partial charge >= 0.3 is 0 Å². The second-order valence-electron chi connectivity index (χ2n) is 5.00. The molecule has 0 saturated heterocycles. The fraction of sp³-hybridized carbons (Fsp3) is 0. The Morgan fingerprint density at radius 1 is 0.913 bits per heavy atom. The van der Waals surface area contributed by atoms with Gasteiger partial charge in [0.25, 0.3) is 0 Å². The van der Waals surface area contributed by atoms with E-state index in [0.29, 0.717) is 0 Å². The summed E-state index contributed by atoms with van der Waals surface area (Å²) in [5.41, 5.74) is 1.95. The van der Waals surface area contributed by atoms with Crippen molar-refractivity contribution in [2.24, 2.45) is 0 Å². The summed E-state index contributed by atoms with van der Waals surface area (Å²) in [6.45, 7) is 0. The summed E-state index contributed by atoms with van der Waals surface area (Å²) in [6, 6.07) is 17.6. The third-order valence-corrected chi connectivity index (χ3v) is 4.08. The van der Waals surface area contributed by atoms with Crippen molar-refractivity contribution in [2.45, 2.75) is 0 Å². The molecule has 0 aliphatic carbocycles. The largest absolute Gasteiger partial charge is 0.457 e. The van der Waals surface area contributed by atoms with Gasteiger partial charge in [-0.15, -0.1) is 0 Å². The summed E-state index contributed by atoms with van der Waals surface area (Å²) in [5, 5.41) is 0. The third-order valence-electron chi connectivity index (χ3n) is 3.49. The molecule has 0 amide bonds. The predicted octanol–water partition coefficient (Wildman–Crippen LogP) is 4.95. The number of hydrogen-bond donors (Lipinski definition) is 0. The van der Waals surface area contributed by atoms with Crippen molar-refractivity contribution >= 4 is 21.4 Å². The minimum absolute atomic E-state index is 0.783. The molecule has 0 unspecified atom stereocenters. The predicted molar refractivity (Wildman–Crippen MR) is 92.6 cm³/mol. The van der Waals surface area contributed by atoms with Crippen LogP contribution in [0.4, 0.5) is 0 Å². The Morgan fingerprint density at radius 3 is 2.43 bits per heavy atom. The summed E-state index contributed by atoms with van der Waals surface area (Å²) in [6.07, 6.45) is 5.43. The van der Waals surface area contributed by atoms with Crippen molar-refractivity contribution in [3.05, 3.63) is 77.8 Å². The molecule has 0 bridgehead atoms. The molecule has 0 N–H and O–H groups in total. The first-order valence-electron chi connectivity index (χ1n) is 7.12.